The van der Waals surface area contributed by atoms with Crippen LogP contribution >= 0.6 is 12.2 Å². The van der Waals surface area contributed by atoms with E-state index in [1.807, 2.05) is 0 Å². The van der Waals surface area contributed by atoms with Crippen LogP contribution in [-0.4, -0.2) is 37.0 Å². The fourth-order valence-corrected chi connectivity index (χ4v) is 2.50. The highest BCUT2D eigenvalue weighted by Gasteiger charge is 2.12. The first-order valence-corrected chi connectivity index (χ1v) is 7.37. The molecule has 1 aromatic carbocycles. The lowest BCUT2D eigenvalue weighted by molar-refractivity contribution is 0.122. The molecule has 0 unspecified atom stereocenters. The van der Waals surface area contributed by atoms with Crippen LogP contribution in [0.1, 0.15) is 20.8 Å². The Kier molecular flexibility index (Phi) is 4.83. The van der Waals surface area contributed by atoms with E-state index in [1.165, 1.54) is 5.69 Å². The predicted molar refractivity (Wildman–Crippen MR) is 88.6 cm³/mol. The molecule has 1 fully saturated rings. The van der Waals surface area contributed by atoms with Crippen LogP contribution in [-0.2, 0) is 4.74 Å². The van der Waals surface area contributed by atoms with E-state index in [2.05, 4.69) is 60.6 Å². The summed E-state index contributed by atoms with van der Waals surface area (Å²) in [4.78, 5) is 2.33. The standard InChI is InChI=1S/C15H23N3OS/c1-15(2,3)17-14(20)16-12-4-6-13(7-5-12)18-8-10-19-11-9-18/h4-7H,8-11H2,1-3H3,(H2,16,17,20). The Morgan fingerprint density at radius 1 is 1.15 bits per heavy atom. The summed E-state index contributed by atoms with van der Waals surface area (Å²) in [6.45, 7) is 9.78. The number of hydrogen-bond acceptors (Lipinski definition) is 3. The summed E-state index contributed by atoms with van der Waals surface area (Å²) in [6.07, 6.45) is 0. The van der Waals surface area contributed by atoms with Crippen molar-refractivity contribution in [3.8, 4) is 0 Å². The van der Waals surface area contributed by atoms with Gasteiger partial charge in [0, 0.05) is 30.0 Å². The number of rotatable bonds is 2. The van der Waals surface area contributed by atoms with E-state index in [9.17, 15) is 0 Å². The molecular weight excluding hydrogens is 270 g/mol. The van der Waals surface area contributed by atoms with E-state index in [0.717, 1.165) is 32.0 Å². The Bertz CT molecular complexity index is 447. The number of benzene rings is 1. The van der Waals surface area contributed by atoms with Gasteiger partial charge in [0.15, 0.2) is 5.11 Å². The molecule has 1 saturated heterocycles. The molecule has 0 spiro atoms. The highest BCUT2D eigenvalue weighted by Crippen LogP contribution is 2.19. The maximum atomic E-state index is 5.36. The van der Waals surface area contributed by atoms with Gasteiger partial charge in [0.2, 0.25) is 0 Å². The average molecular weight is 293 g/mol. The number of nitrogens with zero attached hydrogens (tertiary/aromatic N) is 1. The lowest BCUT2D eigenvalue weighted by atomic mass is 10.1. The molecule has 2 N–H and O–H groups in total. The van der Waals surface area contributed by atoms with Crippen molar-refractivity contribution < 1.29 is 4.74 Å². The molecule has 1 aromatic rings. The number of hydrogen-bond donors (Lipinski definition) is 2. The molecule has 0 radical (unpaired) electrons. The van der Waals surface area contributed by atoms with Gasteiger partial charge >= 0.3 is 0 Å². The topological polar surface area (TPSA) is 36.5 Å². The summed E-state index contributed by atoms with van der Waals surface area (Å²) in [5.74, 6) is 0. The number of thiocarbonyl (C=S) groups is 1. The molecule has 5 heteroatoms. The second kappa shape index (κ2) is 6.41. The molecule has 0 bridgehead atoms. The second-order valence-corrected chi connectivity index (χ2v) is 6.38. The number of nitrogens with one attached hydrogen (secondary N) is 2. The van der Waals surface area contributed by atoms with Crippen LogP contribution in [0.5, 0.6) is 0 Å². The fourth-order valence-electron chi connectivity index (χ4n) is 2.08. The van der Waals surface area contributed by atoms with E-state index in [4.69, 9.17) is 17.0 Å². The largest absolute Gasteiger partial charge is 0.378 e. The van der Waals surface area contributed by atoms with Gasteiger partial charge < -0.3 is 20.3 Å². The smallest absolute Gasteiger partial charge is 0.171 e. The zero-order valence-electron chi connectivity index (χ0n) is 12.4. The Morgan fingerprint density at radius 2 is 1.75 bits per heavy atom. The first-order valence-electron chi connectivity index (χ1n) is 6.96. The maximum absolute atomic E-state index is 5.36. The normalized spacial score (nSPS) is 15.8. The van der Waals surface area contributed by atoms with Crippen LogP contribution in [0, 0.1) is 0 Å². The summed E-state index contributed by atoms with van der Waals surface area (Å²) in [5.41, 5.74) is 2.20. The maximum Gasteiger partial charge on any atom is 0.171 e. The minimum Gasteiger partial charge on any atom is -0.378 e. The van der Waals surface area contributed by atoms with Crippen molar-refractivity contribution in [2.45, 2.75) is 26.3 Å². The van der Waals surface area contributed by atoms with Crippen LogP contribution in [0.15, 0.2) is 24.3 Å². The molecule has 110 valence electrons. The van der Waals surface area contributed by atoms with Crippen LogP contribution in [0.2, 0.25) is 0 Å². The van der Waals surface area contributed by atoms with Crippen molar-refractivity contribution in [2.24, 2.45) is 0 Å². The van der Waals surface area contributed by atoms with Crippen molar-refractivity contribution in [1.29, 1.82) is 0 Å². The first-order chi connectivity index (χ1) is 9.44. The zero-order chi connectivity index (χ0) is 14.6. The third-order valence-electron chi connectivity index (χ3n) is 2.99. The SMILES string of the molecule is CC(C)(C)NC(=S)Nc1ccc(N2CCOCC2)cc1. The van der Waals surface area contributed by atoms with Crippen molar-refractivity contribution >= 4 is 28.7 Å². The quantitative estimate of drug-likeness (QED) is 0.820. The van der Waals surface area contributed by atoms with Gasteiger partial charge in [0.25, 0.3) is 0 Å². The van der Waals surface area contributed by atoms with Gasteiger partial charge in [-0.15, -0.1) is 0 Å². The lowest BCUT2D eigenvalue weighted by Gasteiger charge is -2.29. The summed E-state index contributed by atoms with van der Waals surface area (Å²) in [7, 11) is 0. The van der Waals surface area contributed by atoms with Crippen LogP contribution in [0.4, 0.5) is 11.4 Å². The van der Waals surface area contributed by atoms with Crippen LogP contribution in [0.3, 0.4) is 0 Å². The number of ether oxygens (including phenoxy) is 1. The van der Waals surface area contributed by atoms with Crippen molar-refractivity contribution in [3.63, 3.8) is 0 Å². The van der Waals surface area contributed by atoms with E-state index < -0.39 is 0 Å². The zero-order valence-corrected chi connectivity index (χ0v) is 13.2. The Hall–Kier alpha value is -1.33. The second-order valence-electron chi connectivity index (χ2n) is 5.98. The average Bonchev–Trinajstić information content (AvgIpc) is 2.38. The molecule has 2 rings (SSSR count). The minimum absolute atomic E-state index is 0.0299. The van der Waals surface area contributed by atoms with Gasteiger partial charge in [-0.3, -0.25) is 0 Å². The Labute approximate surface area is 126 Å². The van der Waals surface area contributed by atoms with Gasteiger partial charge in [-0.05, 0) is 57.3 Å². The van der Waals surface area contributed by atoms with Crippen molar-refractivity contribution in [1.82, 2.24) is 5.32 Å². The molecule has 20 heavy (non-hydrogen) atoms. The van der Waals surface area contributed by atoms with E-state index >= 15 is 0 Å². The molecule has 1 aliphatic heterocycles. The molecule has 4 nitrogen and oxygen atoms in total. The summed E-state index contributed by atoms with van der Waals surface area (Å²) in [5, 5.41) is 7.09. The molecule has 0 amide bonds. The molecule has 1 heterocycles. The summed E-state index contributed by atoms with van der Waals surface area (Å²) < 4.78 is 5.36. The van der Waals surface area contributed by atoms with E-state index in [-0.39, 0.29) is 5.54 Å². The summed E-state index contributed by atoms with van der Waals surface area (Å²) >= 11 is 5.29. The first kappa shape index (κ1) is 15.1. The molecular formula is C15H23N3OS. The van der Waals surface area contributed by atoms with Gasteiger partial charge in [-0.2, -0.15) is 0 Å². The Morgan fingerprint density at radius 3 is 2.30 bits per heavy atom. The Balaban J connectivity index is 1.92. The van der Waals surface area contributed by atoms with Crippen LogP contribution in [0.25, 0.3) is 0 Å². The van der Waals surface area contributed by atoms with Gasteiger partial charge in [0.05, 0.1) is 13.2 Å². The minimum atomic E-state index is -0.0299. The highest BCUT2D eigenvalue weighted by atomic mass is 32.1. The third-order valence-corrected chi connectivity index (χ3v) is 3.19. The van der Waals surface area contributed by atoms with E-state index in [1.54, 1.807) is 0 Å². The molecule has 1 aliphatic rings. The van der Waals surface area contributed by atoms with E-state index in [0.29, 0.717) is 5.11 Å². The highest BCUT2D eigenvalue weighted by molar-refractivity contribution is 7.80. The van der Waals surface area contributed by atoms with Gasteiger partial charge in [0.1, 0.15) is 0 Å². The van der Waals surface area contributed by atoms with Crippen molar-refractivity contribution in [2.75, 3.05) is 36.5 Å². The summed E-state index contributed by atoms with van der Waals surface area (Å²) in [6, 6.07) is 8.35. The number of anilines is 2. The molecule has 0 atom stereocenters. The fraction of sp³-hybridized carbons (Fsp3) is 0.533. The van der Waals surface area contributed by atoms with Crippen LogP contribution < -0.4 is 15.5 Å². The van der Waals surface area contributed by atoms with Gasteiger partial charge in [-0.1, -0.05) is 0 Å². The lowest BCUT2D eigenvalue weighted by Crippen LogP contribution is -2.42. The predicted octanol–water partition coefficient (Wildman–Crippen LogP) is 2.61. The van der Waals surface area contributed by atoms with Crippen molar-refractivity contribution in [3.05, 3.63) is 24.3 Å². The third kappa shape index (κ3) is 4.65. The molecule has 0 saturated carbocycles. The monoisotopic (exact) mass is 293 g/mol. The number of morpholine rings is 1. The van der Waals surface area contributed by atoms with Gasteiger partial charge in [-0.25, -0.2) is 0 Å². The molecule has 0 aromatic heterocycles. The molecule has 0 aliphatic carbocycles.